The van der Waals surface area contributed by atoms with Crippen molar-refractivity contribution in [2.24, 2.45) is 7.05 Å². The summed E-state index contributed by atoms with van der Waals surface area (Å²) in [7, 11) is 1.85. The van der Waals surface area contributed by atoms with Gasteiger partial charge >= 0.3 is 0 Å². The van der Waals surface area contributed by atoms with Crippen LogP contribution in [0.3, 0.4) is 0 Å². The molecule has 1 amide bonds. The number of para-hydroxylation sites is 1. The van der Waals surface area contributed by atoms with Crippen LogP contribution in [0.2, 0.25) is 0 Å². The van der Waals surface area contributed by atoms with E-state index in [-0.39, 0.29) is 18.6 Å². The van der Waals surface area contributed by atoms with E-state index >= 15 is 0 Å². The minimum atomic E-state index is -0.0521. The van der Waals surface area contributed by atoms with E-state index in [4.69, 9.17) is 9.26 Å². The Bertz CT molecular complexity index is 932. The van der Waals surface area contributed by atoms with Crippen molar-refractivity contribution in [3.05, 3.63) is 41.7 Å². The molecule has 1 aliphatic heterocycles. The Balaban J connectivity index is 1.45. The van der Waals surface area contributed by atoms with Crippen molar-refractivity contribution in [3.63, 3.8) is 0 Å². The van der Waals surface area contributed by atoms with E-state index < -0.39 is 0 Å². The van der Waals surface area contributed by atoms with Crippen LogP contribution in [0, 0.1) is 6.92 Å². The van der Waals surface area contributed by atoms with Crippen LogP contribution in [0.25, 0.3) is 10.9 Å². The van der Waals surface area contributed by atoms with Gasteiger partial charge in [-0.05, 0) is 25.8 Å². The second kappa shape index (κ2) is 6.87. The lowest BCUT2D eigenvalue weighted by molar-refractivity contribution is -0.0154. The predicted octanol–water partition coefficient (Wildman–Crippen LogP) is 2.09. The van der Waals surface area contributed by atoms with E-state index in [0.717, 1.165) is 23.7 Å². The molecule has 0 aliphatic carbocycles. The molecule has 1 fully saturated rings. The van der Waals surface area contributed by atoms with Gasteiger partial charge in [0.25, 0.3) is 11.8 Å². The molecule has 136 valence electrons. The van der Waals surface area contributed by atoms with Gasteiger partial charge in [0.15, 0.2) is 11.5 Å². The van der Waals surface area contributed by atoms with E-state index in [0.29, 0.717) is 30.5 Å². The number of ether oxygens (including phenoxy) is 1. The maximum atomic E-state index is 13.0. The summed E-state index contributed by atoms with van der Waals surface area (Å²) in [4.78, 5) is 19.0. The molecular formula is C18H21N5O3. The van der Waals surface area contributed by atoms with Crippen molar-refractivity contribution in [1.29, 1.82) is 0 Å². The van der Waals surface area contributed by atoms with Gasteiger partial charge in [0, 0.05) is 25.5 Å². The topological polar surface area (TPSA) is 86.3 Å². The number of likely N-dealkylation sites (tertiary alicyclic amines) is 1. The monoisotopic (exact) mass is 355 g/mol. The molecule has 0 saturated carbocycles. The van der Waals surface area contributed by atoms with E-state index in [1.54, 1.807) is 11.6 Å². The molecule has 8 heteroatoms. The van der Waals surface area contributed by atoms with Gasteiger partial charge in [-0.1, -0.05) is 23.4 Å². The van der Waals surface area contributed by atoms with Gasteiger partial charge in [0.05, 0.1) is 11.6 Å². The molecule has 2 aromatic heterocycles. The van der Waals surface area contributed by atoms with Crippen LogP contribution in [0.15, 0.2) is 28.8 Å². The Kier molecular flexibility index (Phi) is 4.42. The lowest BCUT2D eigenvalue weighted by Gasteiger charge is -2.32. The Hall–Kier alpha value is -2.74. The number of fused-ring (bicyclic) bond motifs is 1. The SMILES string of the molecule is Cc1noc(CO[C@@H]2CCCN(C(=O)c3nn(C)c4ccccc34)C2)n1. The van der Waals surface area contributed by atoms with Crippen LogP contribution in [-0.2, 0) is 18.4 Å². The Morgan fingerprint density at radius 1 is 1.38 bits per heavy atom. The first-order chi connectivity index (χ1) is 12.6. The third kappa shape index (κ3) is 3.20. The van der Waals surface area contributed by atoms with Gasteiger partial charge in [-0.15, -0.1) is 0 Å². The Morgan fingerprint density at radius 2 is 2.23 bits per heavy atom. The minimum absolute atomic E-state index is 0.0464. The average Bonchev–Trinajstić information content (AvgIpc) is 3.23. The molecule has 0 spiro atoms. The van der Waals surface area contributed by atoms with Crippen molar-refractivity contribution in [3.8, 4) is 0 Å². The van der Waals surface area contributed by atoms with Gasteiger partial charge in [-0.25, -0.2) is 0 Å². The van der Waals surface area contributed by atoms with Crippen LogP contribution in [0.1, 0.15) is 35.0 Å². The Labute approximate surface area is 150 Å². The zero-order valence-electron chi connectivity index (χ0n) is 14.9. The highest BCUT2D eigenvalue weighted by Crippen LogP contribution is 2.22. The normalized spacial score (nSPS) is 17.8. The fourth-order valence-corrected chi connectivity index (χ4v) is 3.37. The maximum absolute atomic E-state index is 13.0. The molecule has 26 heavy (non-hydrogen) atoms. The van der Waals surface area contributed by atoms with Crippen molar-refractivity contribution < 1.29 is 14.1 Å². The van der Waals surface area contributed by atoms with Crippen molar-refractivity contribution in [2.75, 3.05) is 13.1 Å². The number of nitrogens with zero attached hydrogens (tertiary/aromatic N) is 5. The lowest BCUT2D eigenvalue weighted by atomic mass is 10.1. The number of carbonyl (C=O) groups is 1. The third-order valence-corrected chi connectivity index (χ3v) is 4.64. The summed E-state index contributed by atoms with van der Waals surface area (Å²) >= 11 is 0. The zero-order valence-corrected chi connectivity index (χ0v) is 14.9. The number of aromatic nitrogens is 4. The minimum Gasteiger partial charge on any atom is -0.367 e. The second-order valence-electron chi connectivity index (χ2n) is 6.55. The fourth-order valence-electron chi connectivity index (χ4n) is 3.37. The van der Waals surface area contributed by atoms with Gasteiger partial charge in [0.1, 0.15) is 6.61 Å². The zero-order chi connectivity index (χ0) is 18.1. The van der Waals surface area contributed by atoms with E-state index in [9.17, 15) is 4.79 Å². The van der Waals surface area contributed by atoms with E-state index in [2.05, 4.69) is 15.2 Å². The van der Waals surface area contributed by atoms with Gasteiger partial charge < -0.3 is 14.2 Å². The molecule has 1 saturated heterocycles. The quantitative estimate of drug-likeness (QED) is 0.712. The highest BCUT2D eigenvalue weighted by molar-refractivity contribution is 6.04. The number of hydrogen-bond acceptors (Lipinski definition) is 6. The molecule has 1 atom stereocenters. The molecule has 4 rings (SSSR count). The third-order valence-electron chi connectivity index (χ3n) is 4.64. The predicted molar refractivity (Wildman–Crippen MR) is 93.5 cm³/mol. The lowest BCUT2D eigenvalue weighted by Crippen LogP contribution is -2.43. The summed E-state index contributed by atoms with van der Waals surface area (Å²) in [6, 6.07) is 7.77. The summed E-state index contributed by atoms with van der Waals surface area (Å²) in [6.45, 7) is 3.28. The number of rotatable bonds is 4. The molecular weight excluding hydrogens is 334 g/mol. The number of hydrogen-bond donors (Lipinski definition) is 0. The molecule has 8 nitrogen and oxygen atoms in total. The van der Waals surface area contributed by atoms with Crippen molar-refractivity contribution in [1.82, 2.24) is 24.8 Å². The molecule has 1 aliphatic rings. The van der Waals surface area contributed by atoms with Crippen molar-refractivity contribution in [2.45, 2.75) is 32.5 Å². The van der Waals surface area contributed by atoms with Gasteiger partial charge in [-0.2, -0.15) is 10.1 Å². The van der Waals surface area contributed by atoms with Gasteiger partial charge in [0.2, 0.25) is 0 Å². The summed E-state index contributed by atoms with van der Waals surface area (Å²) in [5.74, 6) is 0.997. The molecule has 1 aromatic carbocycles. The number of amides is 1. The first-order valence-electron chi connectivity index (χ1n) is 8.73. The summed E-state index contributed by atoms with van der Waals surface area (Å²) in [6.07, 6.45) is 1.75. The number of carbonyl (C=O) groups excluding carboxylic acids is 1. The van der Waals surface area contributed by atoms with E-state index in [1.807, 2.05) is 36.2 Å². The molecule has 0 bridgehead atoms. The standard InChI is InChI=1S/C18H21N5O3/c1-12-19-16(26-21-12)11-25-13-6-5-9-23(10-13)18(24)17-14-7-3-4-8-15(14)22(2)20-17/h3-4,7-8,13H,5-6,9-11H2,1-2H3/t13-/m1/s1. The molecule has 0 unspecified atom stereocenters. The maximum Gasteiger partial charge on any atom is 0.275 e. The van der Waals surface area contributed by atoms with Gasteiger partial charge in [-0.3, -0.25) is 9.48 Å². The Morgan fingerprint density at radius 3 is 3.04 bits per heavy atom. The van der Waals surface area contributed by atoms with Crippen molar-refractivity contribution >= 4 is 16.8 Å². The number of aryl methyl sites for hydroxylation is 2. The summed E-state index contributed by atoms with van der Waals surface area (Å²) in [5.41, 5.74) is 1.45. The smallest absolute Gasteiger partial charge is 0.275 e. The highest BCUT2D eigenvalue weighted by Gasteiger charge is 2.28. The summed E-state index contributed by atoms with van der Waals surface area (Å²) in [5, 5.41) is 9.07. The average molecular weight is 355 g/mol. The van der Waals surface area contributed by atoms with Crippen LogP contribution in [0.4, 0.5) is 0 Å². The van der Waals surface area contributed by atoms with E-state index in [1.165, 1.54) is 0 Å². The van der Waals surface area contributed by atoms with Crippen LogP contribution in [0.5, 0.6) is 0 Å². The molecule has 0 N–H and O–H groups in total. The first-order valence-corrected chi connectivity index (χ1v) is 8.73. The molecule has 3 aromatic rings. The van der Waals surface area contributed by atoms with Crippen LogP contribution < -0.4 is 0 Å². The molecule has 0 radical (unpaired) electrons. The highest BCUT2D eigenvalue weighted by atomic mass is 16.5. The summed E-state index contributed by atoms with van der Waals surface area (Å²) < 4.78 is 12.7. The molecule has 3 heterocycles. The largest absolute Gasteiger partial charge is 0.367 e. The number of piperidine rings is 1. The number of benzene rings is 1. The fraction of sp³-hybridized carbons (Fsp3) is 0.444. The second-order valence-corrected chi connectivity index (χ2v) is 6.55. The first kappa shape index (κ1) is 16.7. The van der Waals surface area contributed by atoms with Crippen LogP contribution >= 0.6 is 0 Å². The van der Waals surface area contributed by atoms with Crippen LogP contribution in [-0.4, -0.2) is 49.9 Å².